The predicted octanol–water partition coefficient (Wildman–Crippen LogP) is 2.84. The quantitative estimate of drug-likeness (QED) is 0.516. The third kappa shape index (κ3) is 2.61. The van der Waals surface area contributed by atoms with Crippen molar-refractivity contribution in [2.45, 2.75) is 0 Å². The predicted molar refractivity (Wildman–Crippen MR) is 68.7 cm³/mol. The van der Waals surface area contributed by atoms with E-state index >= 15 is 0 Å². The summed E-state index contributed by atoms with van der Waals surface area (Å²) in [5.74, 6) is 0.461. The molecule has 2 N–H and O–H groups in total. The summed E-state index contributed by atoms with van der Waals surface area (Å²) in [4.78, 5) is 10.3. The summed E-state index contributed by atoms with van der Waals surface area (Å²) >= 11 is 0. The van der Waals surface area contributed by atoms with Gasteiger partial charge in [-0.25, -0.2) is 0 Å². The van der Waals surface area contributed by atoms with E-state index in [2.05, 4.69) is 0 Å². The van der Waals surface area contributed by atoms with Crippen molar-refractivity contribution in [3.05, 3.63) is 58.1 Å². The molecule has 19 heavy (non-hydrogen) atoms. The molecule has 0 radical (unpaired) electrons. The summed E-state index contributed by atoms with van der Waals surface area (Å²) in [6, 6.07) is 12.7. The Balaban J connectivity index is 2.35. The molecule has 94 valence electrons. The SMILES string of the molecule is N#Cc1ccc(Oc2cccc(N)c2[N+](=O)[O-])cc1. The van der Waals surface area contributed by atoms with Crippen molar-refractivity contribution in [2.24, 2.45) is 0 Å². The summed E-state index contributed by atoms with van der Waals surface area (Å²) < 4.78 is 5.42. The molecule has 0 aliphatic heterocycles. The first-order chi connectivity index (χ1) is 9.11. The highest BCUT2D eigenvalue weighted by molar-refractivity contribution is 5.66. The van der Waals surface area contributed by atoms with Crippen LogP contribution in [-0.2, 0) is 0 Å². The van der Waals surface area contributed by atoms with Crippen LogP contribution in [0.4, 0.5) is 11.4 Å². The first-order valence-electron chi connectivity index (χ1n) is 5.32. The smallest absolute Gasteiger partial charge is 0.334 e. The Morgan fingerprint density at radius 3 is 2.47 bits per heavy atom. The molecule has 0 aromatic heterocycles. The molecule has 2 rings (SSSR count). The fourth-order valence-electron chi connectivity index (χ4n) is 1.54. The van der Waals surface area contributed by atoms with Crippen LogP contribution in [0.15, 0.2) is 42.5 Å². The van der Waals surface area contributed by atoms with Crippen LogP contribution in [0.3, 0.4) is 0 Å². The van der Waals surface area contributed by atoms with Gasteiger partial charge < -0.3 is 10.5 Å². The van der Waals surface area contributed by atoms with E-state index in [1.807, 2.05) is 6.07 Å². The first-order valence-corrected chi connectivity index (χ1v) is 5.32. The van der Waals surface area contributed by atoms with Crippen LogP contribution in [0.1, 0.15) is 5.56 Å². The minimum Gasteiger partial charge on any atom is -0.450 e. The number of nitro benzene ring substituents is 1. The van der Waals surface area contributed by atoms with Crippen LogP contribution in [0.5, 0.6) is 11.5 Å². The highest BCUT2D eigenvalue weighted by Crippen LogP contribution is 2.35. The lowest BCUT2D eigenvalue weighted by atomic mass is 10.2. The fraction of sp³-hybridized carbons (Fsp3) is 0. The highest BCUT2D eigenvalue weighted by atomic mass is 16.6. The normalized spacial score (nSPS) is 9.63. The van der Waals surface area contributed by atoms with Gasteiger partial charge in [-0.1, -0.05) is 6.07 Å². The number of nitrogens with zero attached hydrogens (tertiary/aromatic N) is 2. The number of hydrogen-bond donors (Lipinski definition) is 1. The average Bonchev–Trinajstić information content (AvgIpc) is 2.39. The lowest BCUT2D eigenvalue weighted by Gasteiger charge is -2.07. The molecular weight excluding hydrogens is 246 g/mol. The molecular formula is C13H9N3O3. The van der Waals surface area contributed by atoms with E-state index < -0.39 is 4.92 Å². The molecule has 0 bridgehead atoms. The van der Waals surface area contributed by atoms with Gasteiger partial charge in [0.1, 0.15) is 11.4 Å². The molecule has 0 saturated carbocycles. The molecule has 2 aromatic rings. The van der Waals surface area contributed by atoms with Gasteiger partial charge in [-0.05, 0) is 36.4 Å². The fourth-order valence-corrected chi connectivity index (χ4v) is 1.54. The number of nitrogen functional groups attached to an aromatic ring is 1. The van der Waals surface area contributed by atoms with Crippen LogP contribution in [0.2, 0.25) is 0 Å². The van der Waals surface area contributed by atoms with Crippen molar-refractivity contribution >= 4 is 11.4 Å². The Morgan fingerprint density at radius 2 is 1.89 bits per heavy atom. The van der Waals surface area contributed by atoms with Crippen LogP contribution in [0, 0.1) is 21.4 Å². The largest absolute Gasteiger partial charge is 0.450 e. The number of rotatable bonds is 3. The second-order valence-electron chi connectivity index (χ2n) is 3.69. The molecule has 0 amide bonds. The van der Waals surface area contributed by atoms with E-state index in [0.29, 0.717) is 11.3 Å². The summed E-state index contributed by atoms with van der Waals surface area (Å²) in [5, 5.41) is 19.6. The molecule has 0 aliphatic rings. The summed E-state index contributed by atoms with van der Waals surface area (Å²) in [5.41, 5.74) is 5.80. The second kappa shape index (κ2) is 5.06. The van der Waals surface area contributed by atoms with Crippen LogP contribution < -0.4 is 10.5 Å². The summed E-state index contributed by atoms with van der Waals surface area (Å²) in [7, 11) is 0. The number of ether oxygens (including phenoxy) is 1. The number of benzene rings is 2. The van der Waals surface area contributed by atoms with Crippen LogP contribution >= 0.6 is 0 Å². The zero-order valence-corrected chi connectivity index (χ0v) is 9.74. The lowest BCUT2D eigenvalue weighted by Crippen LogP contribution is -1.98. The number of hydrogen-bond acceptors (Lipinski definition) is 5. The molecule has 0 unspecified atom stereocenters. The maximum atomic E-state index is 10.9. The lowest BCUT2D eigenvalue weighted by molar-refractivity contribution is -0.384. The topological polar surface area (TPSA) is 102 Å². The summed E-state index contributed by atoms with van der Waals surface area (Å²) in [6.07, 6.45) is 0. The van der Waals surface area contributed by atoms with Gasteiger partial charge in [0, 0.05) is 0 Å². The van der Waals surface area contributed by atoms with Gasteiger partial charge in [0.25, 0.3) is 0 Å². The van der Waals surface area contributed by atoms with Crippen molar-refractivity contribution in [1.29, 1.82) is 5.26 Å². The van der Waals surface area contributed by atoms with Crippen molar-refractivity contribution < 1.29 is 9.66 Å². The molecule has 6 nitrogen and oxygen atoms in total. The number of nitriles is 1. The van der Waals surface area contributed by atoms with Gasteiger partial charge in [-0.2, -0.15) is 5.26 Å². The van der Waals surface area contributed by atoms with Crippen molar-refractivity contribution in [3.63, 3.8) is 0 Å². The van der Waals surface area contributed by atoms with Crippen LogP contribution in [0.25, 0.3) is 0 Å². The molecule has 0 heterocycles. The highest BCUT2D eigenvalue weighted by Gasteiger charge is 2.19. The molecule has 2 aromatic carbocycles. The zero-order chi connectivity index (χ0) is 13.8. The first kappa shape index (κ1) is 12.4. The number of para-hydroxylation sites is 1. The van der Waals surface area contributed by atoms with E-state index in [1.165, 1.54) is 12.1 Å². The standard InChI is InChI=1S/C13H9N3O3/c14-8-9-4-6-10(7-5-9)19-12-3-1-2-11(15)13(12)16(17)18/h1-7H,15H2. The van der Waals surface area contributed by atoms with E-state index in [4.69, 9.17) is 15.7 Å². The Kier molecular flexibility index (Phi) is 3.30. The maximum Gasteiger partial charge on any atom is 0.334 e. The number of anilines is 1. The maximum absolute atomic E-state index is 10.9. The molecule has 0 saturated heterocycles. The van der Waals surface area contributed by atoms with E-state index in [-0.39, 0.29) is 17.1 Å². The van der Waals surface area contributed by atoms with Gasteiger partial charge in [-0.3, -0.25) is 10.1 Å². The Morgan fingerprint density at radius 1 is 1.21 bits per heavy atom. The van der Waals surface area contributed by atoms with Crippen molar-refractivity contribution in [2.75, 3.05) is 5.73 Å². The van der Waals surface area contributed by atoms with E-state index in [9.17, 15) is 10.1 Å². The molecule has 0 spiro atoms. The minimum atomic E-state index is -0.589. The van der Waals surface area contributed by atoms with Gasteiger partial charge in [-0.15, -0.1) is 0 Å². The van der Waals surface area contributed by atoms with Gasteiger partial charge in [0.2, 0.25) is 5.75 Å². The molecule has 0 aliphatic carbocycles. The third-order valence-corrected chi connectivity index (χ3v) is 2.42. The second-order valence-corrected chi connectivity index (χ2v) is 3.69. The molecule has 0 fully saturated rings. The van der Waals surface area contributed by atoms with Crippen molar-refractivity contribution in [3.8, 4) is 17.6 Å². The van der Waals surface area contributed by atoms with Crippen LogP contribution in [-0.4, -0.2) is 4.92 Å². The van der Waals surface area contributed by atoms with Crippen molar-refractivity contribution in [1.82, 2.24) is 0 Å². The zero-order valence-electron chi connectivity index (χ0n) is 9.74. The number of nitrogens with two attached hydrogens (primary N) is 1. The molecule has 0 atom stereocenters. The Hall–Kier alpha value is -3.07. The van der Waals surface area contributed by atoms with Gasteiger partial charge in [0.05, 0.1) is 16.6 Å². The average molecular weight is 255 g/mol. The van der Waals surface area contributed by atoms with E-state index in [1.54, 1.807) is 30.3 Å². The van der Waals surface area contributed by atoms with Gasteiger partial charge in [0.15, 0.2) is 0 Å². The Bertz CT molecular complexity index is 660. The minimum absolute atomic E-state index is 0.0381. The van der Waals surface area contributed by atoms with Gasteiger partial charge >= 0.3 is 5.69 Å². The Labute approximate surface area is 108 Å². The summed E-state index contributed by atoms with van der Waals surface area (Å²) in [6.45, 7) is 0. The van der Waals surface area contributed by atoms with E-state index in [0.717, 1.165) is 0 Å². The number of nitro groups is 1. The monoisotopic (exact) mass is 255 g/mol. The molecule has 6 heteroatoms. The third-order valence-electron chi connectivity index (χ3n) is 2.42.